The molecule has 9 N–H and O–H groups in total. The maximum Gasteiger partial charge on any atom is 0.384 e. The van der Waals surface area contributed by atoms with Crippen LogP contribution in [0.15, 0.2) is 147 Å². The number of fused-ring (bicyclic) bond motifs is 31. The minimum atomic E-state index is -1.08. The first-order valence-electron chi connectivity index (χ1n) is 44.5. The maximum absolute atomic E-state index is 13.2. The molecule has 134 heavy (non-hydrogen) atoms. The minimum absolute atomic E-state index is 0.00284. The third-order valence-electron chi connectivity index (χ3n) is 20.2. The first-order chi connectivity index (χ1) is 64.3. The number of nitrogens with one attached hydrogen (secondary N) is 8. The zero-order chi connectivity index (χ0) is 99.1. The Kier molecular flexibility index (Phi) is 58.8. The summed E-state index contributed by atoms with van der Waals surface area (Å²) in [5, 5.41) is 48.8. The van der Waals surface area contributed by atoms with E-state index in [1.54, 1.807) is 54.6 Å². The molecule has 4 aliphatic heterocycles. The van der Waals surface area contributed by atoms with Crippen molar-refractivity contribution in [2.75, 3.05) is 87.4 Å². The Balaban J connectivity index is 0.000000463. The van der Waals surface area contributed by atoms with Gasteiger partial charge in [-0.2, -0.15) is 0 Å². The lowest BCUT2D eigenvalue weighted by Gasteiger charge is -2.24. The van der Waals surface area contributed by atoms with E-state index in [0.29, 0.717) is 95.2 Å². The summed E-state index contributed by atoms with van der Waals surface area (Å²) in [4.78, 5) is 140. The number of hydrogen-bond acceptors (Lipinski definition) is 29. The van der Waals surface area contributed by atoms with Crippen LogP contribution in [0.4, 0.5) is 0 Å². The highest BCUT2D eigenvalue weighted by Crippen LogP contribution is 2.27. The molecule has 4 aliphatic rings. The lowest BCUT2D eigenvalue weighted by atomic mass is 9.75. The van der Waals surface area contributed by atoms with E-state index >= 15 is 0 Å². The summed E-state index contributed by atoms with van der Waals surface area (Å²) < 4.78 is 73.4. The van der Waals surface area contributed by atoms with Crippen molar-refractivity contribution in [3.63, 3.8) is 0 Å². The van der Waals surface area contributed by atoms with Gasteiger partial charge < -0.3 is 92.4 Å². The normalized spacial score (nSPS) is 17.8. The number of ketones is 3. The Morgan fingerprint density at radius 1 is 0.507 bits per heavy atom. The molecule has 4 aromatic carbocycles. The summed E-state index contributed by atoms with van der Waals surface area (Å²) in [6.07, 6.45) is 15.3. The van der Waals surface area contributed by atoms with E-state index < -0.39 is 113 Å². The number of hydrogen-bond donors (Lipinski definition) is 9. The average molecular weight is 1860 g/mol. The molecule has 0 saturated heterocycles. The molecule has 0 saturated carbocycles. The minimum Gasteiger partial charge on any atom is -0.555 e. The zero-order valence-electron chi connectivity index (χ0n) is 78.9. The quantitative estimate of drug-likeness (QED) is 0.00377. The Labute approximate surface area is 790 Å². The van der Waals surface area contributed by atoms with Gasteiger partial charge in [-0.1, -0.05) is 141 Å². The summed E-state index contributed by atoms with van der Waals surface area (Å²) in [7, 11) is 8.87. The predicted molar refractivity (Wildman–Crippen MR) is 510 cm³/mol. The summed E-state index contributed by atoms with van der Waals surface area (Å²) in [5.74, 6) is -7.29. The molecular formula is C96H134B4N8O26. The number of esters is 3. The van der Waals surface area contributed by atoms with E-state index in [-0.39, 0.29) is 99.7 Å². The highest BCUT2D eigenvalue weighted by atomic mass is 16.5. The zero-order valence-corrected chi connectivity index (χ0v) is 78.9. The number of carbonyl (C=O) groups is 11. The molecule has 0 unspecified atom stereocenters. The lowest BCUT2D eigenvalue weighted by Crippen LogP contribution is -2.45. The van der Waals surface area contributed by atoms with Gasteiger partial charge in [-0.05, 0) is 165 Å². The molecule has 38 heteroatoms. The molecule has 4 radical (unpaired) electrons. The van der Waals surface area contributed by atoms with Gasteiger partial charge in [0.1, 0.15) is 74.5 Å². The summed E-state index contributed by atoms with van der Waals surface area (Å²) in [5.41, 5.74) is 3.43. The van der Waals surface area contributed by atoms with Crippen molar-refractivity contribution in [1.82, 2.24) is 21.3 Å². The van der Waals surface area contributed by atoms with Gasteiger partial charge in [-0.3, -0.25) is 69.6 Å². The van der Waals surface area contributed by atoms with Crippen LogP contribution in [0.3, 0.4) is 0 Å². The Bertz CT molecular complexity index is 4300. The second-order valence-corrected chi connectivity index (χ2v) is 33.1. The number of benzene rings is 4. The predicted octanol–water partition coefficient (Wildman–Crippen LogP) is 11.0. The Morgan fingerprint density at radius 3 is 1.34 bits per heavy atom. The van der Waals surface area contributed by atoms with Crippen LogP contribution in [-0.4, -0.2) is 237 Å². The third-order valence-corrected chi connectivity index (χ3v) is 20.2. The molecule has 34 nitrogen and oxygen atoms in total. The van der Waals surface area contributed by atoms with Gasteiger partial charge in [0.2, 0.25) is 23.6 Å². The lowest BCUT2D eigenvalue weighted by molar-refractivity contribution is -0.150. The van der Waals surface area contributed by atoms with Crippen LogP contribution in [0.25, 0.3) is 0 Å². The van der Waals surface area contributed by atoms with Crippen molar-refractivity contribution >= 4 is 120 Å². The van der Waals surface area contributed by atoms with Crippen LogP contribution in [0.1, 0.15) is 135 Å². The van der Waals surface area contributed by atoms with Gasteiger partial charge in [0.05, 0.1) is 120 Å². The number of carboxylic acid groups (broad SMARTS) is 1. The second-order valence-electron chi connectivity index (χ2n) is 33.1. The third kappa shape index (κ3) is 48.5. The van der Waals surface area contributed by atoms with Crippen molar-refractivity contribution in [3.05, 3.63) is 169 Å². The molecule has 0 fully saturated rings. The molecule has 0 aliphatic carbocycles. The van der Waals surface area contributed by atoms with E-state index in [2.05, 4.69) is 41.0 Å². The maximum atomic E-state index is 13.2. The summed E-state index contributed by atoms with van der Waals surface area (Å²) in [6.45, 7) is 28.9. The van der Waals surface area contributed by atoms with E-state index in [1.165, 1.54) is 51.3 Å². The van der Waals surface area contributed by atoms with Gasteiger partial charge in [0, 0.05) is 25.9 Å². The summed E-state index contributed by atoms with van der Waals surface area (Å²) >= 11 is 0. The second kappa shape index (κ2) is 67.9. The molecule has 4 aromatic rings. The first kappa shape index (κ1) is 116. The van der Waals surface area contributed by atoms with Crippen LogP contribution < -0.4 is 40.2 Å². The smallest absolute Gasteiger partial charge is 0.384 e. The molecular weight excluding hydrogens is 1720 g/mol. The molecule has 0 aromatic heterocycles. The molecule has 11 atom stereocenters. The van der Waals surface area contributed by atoms with Crippen LogP contribution in [0.2, 0.25) is 23.3 Å². The van der Waals surface area contributed by atoms with Gasteiger partial charge in [0.25, 0.3) is 0 Å². The monoisotopic (exact) mass is 1860 g/mol. The van der Waals surface area contributed by atoms with E-state index in [9.17, 15) is 57.8 Å². The molecule has 4 heterocycles. The number of methoxy groups -OCH3 is 3. The number of ether oxygens (including phenoxy) is 10. The number of aliphatic carboxylic acids is 1. The van der Waals surface area contributed by atoms with Gasteiger partial charge >= 0.3 is 53.8 Å². The topological polar surface area (TPSA) is 481 Å². The number of Topliss-reactive ketones (excluding diaryl/α,β-unsaturated/α-hetero) is 3. The van der Waals surface area contributed by atoms with E-state index in [0.717, 1.165) is 66.4 Å². The molecule has 0 spiro atoms. The Hall–Kier alpha value is -12.2. The number of rotatable bonds is 45. The number of amides is 4. The van der Waals surface area contributed by atoms with Crippen molar-refractivity contribution < 1.29 is 124 Å². The highest BCUT2D eigenvalue weighted by Gasteiger charge is 2.37. The first-order valence-corrected chi connectivity index (χ1v) is 44.5. The van der Waals surface area contributed by atoms with Gasteiger partial charge in [-0.25, -0.2) is 4.79 Å². The van der Waals surface area contributed by atoms with E-state index in [4.69, 9.17) is 87.6 Å². The largest absolute Gasteiger partial charge is 0.555 e. The van der Waals surface area contributed by atoms with Crippen molar-refractivity contribution in [2.24, 2.45) is 41.4 Å². The summed E-state index contributed by atoms with van der Waals surface area (Å²) in [6, 6.07) is 25.9. The van der Waals surface area contributed by atoms with Crippen molar-refractivity contribution in [2.45, 2.75) is 186 Å². The fourth-order valence-electron chi connectivity index (χ4n) is 13.5. The van der Waals surface area contributed by atoms with Crippen LogP contribution in [-0.2, 0) is 125 Å². The highest BCUT2D eigenvalue weighted by molar-refractivity contribution is 6.41. The fraction of sp³-hybridized carbons (Fsp3) is 0.510. The van der Waals surface area contributed by atoms with Gasteiger partial charge in [-0.15, -0.1) is 6.58 Å². The Morgan fingerprint density at radius 2 is 0.925 bits per heavy atom. The average Bonchev–Trinajstić information content (AvgIpc) is 1.00. The van der Waals surface area contributed by atoms with Crippen LogP contribution in [0, 0.1) is 63.1 Å². The van der Waals surface area contributed by atoms with Gasteiger partial charge in [0.15, 0.2) is 17.3 Å². The van der Waals surface area contributed by atoms with Crippen molar-refractivity contribution in [1.29, 1.82) is 21.6 Å². The number of carboxylic acids is 1. The fourth-order valence-corrected chi connectivity index (χ4v) is 13.5. The van der Waals surface area contributed by atoms with Crippen LogP contribution >= 0.6 is 0 Å². The SMILES string of the molecule is C=CCOC[C@H](CC(=O)[C@H](CC(C)C)NC(=O)[C@@H]([B]OC=N)Cc1ccc(OCC=C)cc1)C(=O)OC.C=CCOc1ccc(C[C@H]([B]OC=N)C(=O)N[C@@H](CC(C)C)C(=O)O)cc1.COC(=O)[C@@H]1COCC=CCOc2ccc(cc2)C[C@H]([B]OC=N)C(=O)N[C@@H](CC(C)C)C(=O)C1.COC(=O)[C@@H]1COCCCCOc2ccc(cc2)C[C@H]([B]OC=N)C(=O)N[C@@H](CC(C)C)C(=O)C1. The number of carbonyl (C=O) groups excluding carboxylic acids is 10. The van der Waals surface area contributed by atoms with E-state index in [1.807, 2.05) is 128 Å². The molecule has 8 rings (SSSR count). The molecule has 4 amide bonds. The standard InChI is InChI=1S/C27H38BN2O7.C25H36BN2O7.C25H34BN2O7.C19H26BN2O5/c1-6-12-35-17-21(27(33)34-5)16-25(31)24(14-19(3)4)30-26(32)23(28-37-18-29)15-20-8-10-22(11-9-20)36-13-7-2;2*1-17(2)12-22-23(29)14-19(25(31)32-3)15-33-10-4-5-11-34-20-8-6-18(7-9-20)13-21(24(30)28-22)26-35-16-27;1-4-9-26-15-7-5-14(6-8-15)11-16(20-27-12-21)18(23)22-17(19(24)25)10-13(2)3/h6-11,18-19,21,23-24,29H,1-2,12-17H2,3-5H3,(H,30,32);6-9,16-17,19,21-22,27H,4-5,10-15H2,1-3H3,(H,28,30);4-9,16-17,19,21-22,27H,10-15H2,1-3H3,(H,28,30);4-8,12-13,16-17,21H,1,9-11H2,2-3H3,(H,22,23)(H,24,25)/t21-,23-,24-;2*19-,21-,22-;16-,17-/m0000/s1. The van der Waals surface area contributed by atoms with Crippen molar-refractivity contribution in [3.8, 4) is 23.0 Å². The molecule has 726 valence electrons. The molecule has 4 bridgehead atoms. The van der Waals surface area contributed by atoms with Crippen LogP contribution in [0.5, 0.6) is 23.0 Å².